The lowest BCUT2D eigenvalue weighted by Crippen LogP contribution is -2.23. The van der Waals surface area contributed by atoms with E-state index in [1.807, 2.05) is 0 Å². The molecule has 0 radical (unpaired) electrons. The van der Waals surface area contributed by atoms with Crippen molar-refractivity contribution in [3.8, 4) is 0 Å². The van der Waals surface area contributed by atoms with Crippen LogP contribution in [0.15, 0.2) is 24.3 Å². The van der Waals surface area contributed by atoms with E-state index < -0.39 is 0 Å². The molecule has 5 heteroatoms. The highest BCUT2D eigenvalue weighted by Crippen LogP contribution is 2.28. The van der Waals surface area contributed by atoms with Crippen LogP contribution in [0.3, 0.4) is 0 Å². The van der Waals surface area contributed by atoms with Crippen LogP contribution in [0.2, 0.25) is 0 Å². The molecule has 2 fully saturated rings. The van der Waals surface area contributed by atoms with Crippen molar-refractivity contribution in [3.63, 3.8) is 0 Å². The maximum Gasteiger partial charge on any atom is 0.124 e. The molecular weight excluding hydrogens is 341 g/mol. The number of hydrogen-bond acceptors (Lipinski definition) is 2. The smallest absolute Gasteiger partial charge is 0.124 e. The number of nitrogens with zero attached hydrogens (tertiary/aromatic N) is 3. The fourth-order valence-electron chi connectivity index (χ4n) is 4.22. The second-order valence-corrected chi connectivity index (χ2v) is 7.11. The van der Waals surface area contributed by atoms with Crippen molar-refractivity contribution in [1.29, 1.82) is 0 Å². The zero-order valence-electron chi connectivity index (χ0n) is 14.3. The van der Waals surface area contributed by atoms with Crippen LogP contribution in [0.25, 0.3) is 11.0 Å². The van der Waals surface area contributed by atoms with Crippen LogP contribution < -0.4 is 0 Å². The van der Waals surface area contributed by atoms with Crippen molar-refractivity contribution in [3.05, 3.63) is 30.1 Å². The van der Waals surface area contributed by atoms with Crippen LogP contribution in [0.5, 0.6) is 0 Å². The largest absolute Gasteiger partial charge is 0.327 e. The van der Waals surface area contributed by atoms with Crippen LogP contribution in [-0.4, -0.2) is 27.5 Å². The van der Waals surface area contributed by atoms with Gasteiger partial charge in [0.2, 0.25) is 0 Å². The normalized spacial score (nSPS) is 19.2. The Balaban J connectivity index is 0.00000104. The number of likely N-dealkylation sites (tertiary alicyclic amines) is 1. The van der Waals surface area contributed by atoms with Crippen molar-refractivity contribution in [2.24, 2.45) is 5.92 Å². The standard InChI is InChI=1S/C19H27N3.2ClH/c1-2-8-16(9-3-1)14-22-18-11-5-4-10-17(18)20-19(22)15-21-12-6-7-13-21;;/h4-5,10-11,16H,1-3,6-9,12-15H2;2*1H. The number of imidazole rings is 1. The average Bonchev–Trinajstić information content (AvgIpc) is 3.18. The summed E-state index contributed by atoms with van der Waals surface area (Å²) in [6.07, 6.45) is 9.76. The Morgan fingerprint density at radius 1 is 0.917 bits per heavy atom. The van der Waals surface area contributed by atoms with Crippen LogP contribution in [0.1, 0.15) is 50.8 Å². The van der Waals surface area contributed by atoms with Gasteiger partial charge in [0, 0.05) is 6.54 Å². The first-order chi connectivity index (χ1) is 10.9. The molecule has 0 unspecified atom stereocenters. The number of hydrogen-bond donors (Lipinski definition) is 0. The van der Waals surface area contributed by atoms with E-state index in [0.29, 0.717) is 0 Å². The Bertz CT molecular complexity index is 629. The van der Waals surface area contributed by atoms with Crippen LogP contribution in [-0.2, 0) is 13.1 Å². The van der Waals surface area contributed by atoms with Gasteiger partial charge in [-0.1, -0.05) is 31.4 Å². The Kier molecular flexibility index (Phi) is 7.39. The number of aromatic nitrogens is 2. The molecule has 0 bridgehead atoms. The molecular formula is C19H29Cl2N3. The quantitative estimate of drug-likeness (QED) is 0.750. The molecule has 0 atom stereocenters. The number of fused-ring (bicyclic) bond motifs is 1. The minimum absolute atomic E-state index is 0. The minimum atomic E-state index is 0. The lowest BCUT2D eigenvalue weighted by atomic mass is 9.89. The summed E-state index contributed by atoms with van der Waals surface area (Å²) in [5, 5.41) is 0. The minimum Gasteiger partial charge on any atom is -0.327 e. The molecule has 2 aromatic rings. The van der Waals surface area contributed by atoms with Crippen molar-refractivity contribution in [2.45, 2.75) is 58.0 Å². The third-order valence-electron chi connectivity index (χ3n) is 5.46. The molecule has 134 valence electrons. The Hall–Kier alpha value is -0.770. The van der Waals surface area contributed by atoms with E-state index in [9.17, 15) is 0 Å². The molecule has 0 N–H and O–H groups in total. The molecule has 3 nitrogen and oxygen atoms in total. The van der Waals surface area contributed by atoms with Crippen LogP contribution in [0.4, 0.5) is 0 Å². The topological polar surface area (TPSA) is 21.1 Å². The van der Waals surface area contributed by atoms with Gasteiger partial charge in [0.25, 0.3) is 0 Å². The molecule has 1 aromatic heterocycles. The molecule has 2 aliphatic rings. The van der Waals surface area contributed by atoms with Crippen molar-refractivity contribution >= 4 is 35.8 Å². The van der Waals surface area contributed by atoms with Gasteiger partial charge in [-0.15, -0.1) is 24.8 Å². The van der Waals surface area contributed by atoms with Gasteiger partial charge in [0.05, 0.1) is 17.6 Å². The fraction of sp³-hybridized carbons (Fsp3) is 0.632. The first-order valence-corrected chi connectivity index (χ1v) is 9.06. The second-order valence-electron chi connectivity index (χ2n) is 7.11. The molecule has 24 heavy (non-hydrogen) atoms. The zero-order chi connectivity index (χ0) is 14.8. The van der Waals surface area contributed by atoms with Crippen molar-refractivity contribution < 1.29 is 0 Å². The summed E-state index contributed by atoms with van der Waals surface area (Å²) in [4.78, 5) is 7.53. The number of para-hydroxylation sites is 2. The molecule has 1 aliphatic heterocycles. The van der Waals surface area contributed by atoms with E-state index >= 15 is 0 Å². The van der Waals surface area contributed by atoms with Gasteiger partial charge in [0.15, 0.2) is 0 Å². The fourth-order valence-corrected chi connectivity index (χ4v) is 4.22. The molecule has 4 rings (SSSR count). The van der Waals surface area contributed by atoms with Gasteiger partial charge in [-0.25, -0.2) is 4.98 Å². The number of benzene rings is 1. The summed E-state index contributed by atoms with van der Waals surface area (Å²) in [6.45, 7) is 4.68. The lowest BCUT2D eigenvalue weighted by Gasteiger charge is -2.24. The molecule has 1 saturated carbocycles. The van der Waals surface area contributed by atoms with Gasteiger partial charge in [-0.3, -0.25) is 4.90 Å². The summed E-state index contributed by atoms with van der Waals surface area (Å²) >= 11 is 0. The van der Waals surface area contributed by atoms with E-state index in [0.717, 1.165) is 12.5 Å². The van der Waals surface area contributed by atoms with Gasteiger partial charge >= 0.3 is 0 Å². The summed E-state index contributed by atoms with van der Waals surface area (Å²) in [5.74, 6) is 2.14. The second kappa shape index (κ2) is 9.07. The molecule has 2 heterocycles. The first-order valence-electron chi connectivity index (χ1n) is 9.06. The van der Waals surface area contributed by atoms with E-state index in [-0.39, 0.29) is 24.8 Å². The maximum atomic E-state index is 4.96. The molecule has 1 aliphatic carbocycles. The van der Waals surface area contributed by atoms with E-state index in [4.69, 9.17) is 4.98 Å². The summed E-state index contributed by atoms with van der Waals surface area (Å²) in [7, 11) is 0. The van der Waals surface area contributed by atoms with E-state index in [2.05, 4.69) is 33.7 Å². The lowest BCUT2D eigenvalue weighted by molar-refractivity contribution is 0.293. The maximum absolute atomic E-state index is 4.96. The monoisotopic (exact) mass is 369 g/mol. The Morgan fingerprint density at radius 3 is 2.38 bits per heavy atom. The third kappa shape index (κ3) is 4.25. The molecule has 0 spiro atoms. The average molecular weight is 370 g/mol. The van der Waals surface area contributed by atoms with E-state index in [1.54, 1.807) is 0 Å². The highest BCUT2D eigenvalue weighted by atomic mass is 35.5. The zero-order valence-corrected chi connectivity index (χ0v) is 16.0. The van der Waals surface area contributed by atoms with Crippen LogP contribution >= 0.6 is 24.8 Å². The Morgan fingerprint density at radius 2 is 1.62 bits per heavy atom. The van der Waals surface area contributed by atoms with Gasteiger partial charge < -0.3 is 4.57 Å². The molecule has 0 amide bonds. The summed E-state index contributed by atoms with van der Waals surface area (Å²) in [5.41, 5.74) is 2.51. The van der Waals surface area contributed by atoms with Gasteiger partial charge in [-0.05, 0) is 56.8 Å². The highest BCUT2D eigenvalue weighted by molar-refractivity contribution is 5.85. The third-order valence-corrected chi connectivity index (χ3v) is 5.46. The number of rotatable bonds is 4. The van der Waals surface area contributed by atoms with Crippen molar-refractivity contribution in [1.82, 2.24) is 14.5 Å². The predicted molar refractivity (Wildman–Crippen MR) is 105 cm³/mol. The van der Waals surface area contributed by atoms with Gasteiger partial charge in [0.1, 0.15) is 5.82 Å². The first kappa shape index (κ1) is 19.6. The summed E-state index contributed by atoms with van der Waals surface area (Å²) in [6, 6.07) is 8.68. The predicted octanol–water partition coefficient (Wildman–Crippen LogP) is 5.06. The Labute approximate surface area is 157 Å². The summed E-state index contributed by atoms with van der Waals surface area (Å²) < 4.78 is 2.53. The molecule has 1 saturated heterocycles. The molecule has 1 aromatic carbocycles. The highest BCUT2D eigenvalue weighted by Gasteiger charge is 2.20. The number of halogens is 2. The van der Waals surface area contributed by atoms with Crippen LogP contribution in [0, 0.1) is 5.92 Å². The van der Waals surface area contributed by atoms with Crippen molar-refractivity contribution in [2.75, 3.05) is 13.1 Å². The SMILES string of the molecule is Cl.Cl.c1ccc2c(c1)nc(CN1CCCC1)n2CC1CCCCC1. The van der Waals surface area contributed by atoms with E-state index in [1.165, 1.54) is 81.4 Å². The van der Waals surface area contributed by atoms with Gasteiger partial charge in [-0.2, -0.15) is 0 Å².